The molecule has 0 atom stereocenters. The first-order chi connectivity index (χ1) is 7.80. The highest BCUT2D eigenvalue weighted by molar-refractivity contribution is 5.22. The van der Waals surface area contributed by atoms with Crippen molar-refractivity contribution < 1.29 is 9.47 Å². The van der Waals surface area contributed by atoms with Crippen molar-refractivity contribution in [3.05, 3.63) is 35.4 Å². The van der Waals surface area contributed by atoms with Gasteiger partial charge >= 0.3 is 0 Å². The molecular weight excluding hydrogens is 202 g/mol. The molecule has 0 aromatic heterocycles. The second-order valence-corrected chi connectivity index (χ2v) is 3.70. The first-order valence-corrected chi connectivity index (χ1v) is 5.64. The lowest BCUT2D eigenvalue weighted by atomic mass is 10.1. The first kappa shape index (κ1) is 13.2. The van der Waals surface area contributed by atoms with Crippen LogP contribution in [0.15, 0.2) is 24.3 Å². The quantitative estimate of drug-likeness (QED) is 0.717. The fourth-order valence-electron chi connectivity index (χ4n) is 1.49. The predicted octanol–water partition coefficient (Wildman–Crippen LogP) is 1.96. The third-order valence-electron chi connectivity index (χ3n) is 2.60. The molecule has 0 saturated carbocycles. The summed E-state index contributed by atoms with van der Waals surface area (Å²) < 4.78 is 10.2. The van der Waals surface area contributed by atoms with E-state index in [4.69, 9.17) is 9.47 Å². The SMILES string of the molecule is CCc1ccc(CNCC(OC)OC)cc1. The number of benzene rings is 1. The van der Waals surface area contributed by atoms with Crippen LogP contribution in [0.5, 0.6) is 0 Å². The highest BCUT2D eigenvalue weighted by atomic mass is 16.7. The largest absolute Gasteiger partial charge is 0.355 e. The van der Waals surface area contributed by atoms with Crippen LogP contribution in [0.25, 0.3) is 0 Å². The van der Waals surface area contributed by atoms with Crippen LogP contribution < -0.4 is 5.32 Å². The van der Waals surface area contributed by atoms with Crippen molar-refractivity contribution in [1.29, 1.82) is 0 Å². The molecule has 0 radical (unpaired) electrons. The Labute approximate surface area is 97.8 Å². The molecule has 0 bridgehead atoms. The van der Waals surface area contributed by atoms with E-state index < -0.39 is 0 Å². The maximum atomic E-state index is 5.09. The van der Waals surface area contributed by atoms with Crippen LogP contribution >= 0.6 is 0 Å². The van der Waals surface area contributed by atoms with Crippen molar-refractivity contribution in [1.82, 2.24) is 5.32 Å². The van der Waals surface area contributed by atoms with E-state index in [-0.39, 0.29) is 6.29 Å². The van der Waals surface area contributed by atoms with Crippen molar-refractivity contribution in [3.63, 3.8) is 0 Å². The minimum atomic E-state index is -0.171. The smallest absolute Gasteiger partial charge is 0.169 e. The molecule has 3 nitrogen and oxygen atoms in total. The van der Waals surface area contributed by atoms with E-state index in [0.29, 0.717) is 6.54 Å². The van der Waals surface area contributed by atoms with E-state index in [1.165, 1.54) is 11.1 Å². The Balaban J connectivity index is 2.31. The lowest BCUT2D eigenvalue weighted by molar-refractivity contribution is -0.0989. The summed E-state index contributed by atoms with van der Waals surface area (Å²) in [5.74, 6) is 0. The Bertz CT molecular complexity index is 280. The summed E-state index contributed by atoms with van der Waals surface area (Å²) in [6.45, 7) is 3.70. The molecule has 0 aliphatic carbocycles. The van der Waals surface area contributed by atoms with Crippen molar-refractivity contribution >= 4 is 0 Å². The molecule has 0 amide bonds. The van der Waals surface area contributed by atoms with Crippen molar-refractivity contribution in [3.8, 4) is 0 Å². The molecular formula is C13H21NO2. The third kappa shape index (κ3) is 4.31. The minimum Gasteiger partial charge on any atom is -0.355 e. The van der Waals surface area contributed by atoms with E-state index in [9.17, 15) is 0 Å². The molecule has 1 aromatic carbocycles. The van der Waals surface area contributed by atoms with Gasteiger partial charge < -0.3 is 14.8 Å². The van der Waals surface area contributed by atoms with E-state index in [1.807, 2.05) is 0 Å². The van der Waals surface area contributed by atoms with Crippen LogP contribution in [0.2, 0.25) is 0 Å². The van der Waals surface area contributed by atoms with Gasteiger partial charge in [0, 0.05) is 27.3 Å². The van der Waals surface area contributed by atoms with Gasteiger partial charge in [0.25, 0.3) is 0 Å². The minimum absolute atomic E-state index is 0.171. The van der Waals surface area contributed by atoms with Crippen LogP contribution in [-0.2, 0) is 22.4 Å². The Hall–Kier alpha value is -0.900. The molecule has 0 spiro atoms. The number of rotatable bonds is 7. The van der Waals surface area contributed by atoms with Gasteiger partial charge in [0.1, 0.15) is 0 Å². The normalized spacial score (nSPS) is 11.0. The van der Waals surface area contributed by atoms with Gasteiger partial charge in [-0.2, -0.15) is 0 Å². The van der Waals surface area contributed by atoms with Gasteiger partial charge in [-0.05, 0) is 17.5 Å². The lowest BCUT2D eigenvalue weighted by Crippen LogP contribution is -2.29. The summed E-state index contributed by atoms with van der Waals surface area (Å²) in [6, 6.07) is 8.64. The highest BCUT2D eigenvalue weighted by Gasteiger charge is 2.03. The summed E-state index contributed by atoms with van der Waals surface area (Å²) in [6.07, 6.45) is 0.915. The second-order valence-electron chi connectivity index (χ2n) is 3.70. The Morgan fingerprint density at radius 1 is 1.06 bits per heavy atom. The summed E-state index contributed by atoms with van der Waals surface area (Å²) in [5.41, 5.74) is 2.65. The van der Waals surface area contributed by atoms with Gasteiger partial charge in [0.05, 0.1) is 0 Å². The molecule has 16 heavy (non-hydrogen) atoms. The summed E-state index contributed by atoms with van der Waals surface area (Å²) in [4.78, 5) is 0. The molecule has 90 valence electrons. The number of hydrogen-bond donors (Lipinski definition) is 1. The molecule has 0 heterocycles. The maximum absolute atomic E-state index is 5.09. The van der Waals surface area contributed by atoms with Crippen molar-refractivity contribution in [2.75, 3.05) is 20.8 Å². The van der Waals surface area contributed by atoms with Crippen LogP contribution in [0.4, 0.5) is 0 Å². The topological polar surface area (TPSA) is 30.5 Å². The van der Waals surface area contributed by atoms with Gasteiger partial charge in [0.2, 0.25) is 0 Å². The standard InChI is InChI=1S/C13H21NO2/c1-4-11-5-7-12(8-6-11)9-14-10-13(15-2)16-3/h5-8,13-14H,4,9-10H2,1-3H3. The van der Waals surface area contributed by atoms with E-state index >= 15 is 0 Å². The number of hydrogen-bond acceptors (Lipinski definition) is 3. The molecule has 0 aliphatic rings. The zero-order chi connectivity index (χ0) is 11.8. The molecule has 0 fully saturated rings. The Morgan fingerprint density at radius 3 is 2.12 bits per heavy atom. The van der Waals surface area contributed by atoms with Gasteiger partial charge in [-0.1, -0.05) is 31.2 Å². The van der Waals surface area contributed by atoms with Crippen LogP contribution in [0.1, 0.15) is 18.1 Å². The van der Waals surface area contributed by atoms with E-state index in [2.05, 4.69) is 36.5 Å². The van der Waals surface area contributed by atoms with Crippen molar-refractivity contribution in [2.24, 2.45) is 0 Å². The number of aryl methyl sites for hydroxylation is 1. The van der Waals surface area contributed by atoms with E-state index in [0.717, 1.165) is 13.0 Å². The zero-order valence-electron chi connectivity index (χ0n) is 10.3. The van der Waals surface area contributed by atoms with Crippen molar-refractivity contribution in [2.45, 2.75) is 26.2 Å². The average Bonchev–Trinajstić information content (AvgIpc) is 2.35. The van der Waals surface area contributed by atoms with E-state index in [1.54, 1.807) is 14.2 Å². The van der Waals surface area contributed by atoms with Crippen LogP contribution in [0.3, 0.4) is 0 Å². The second kappa shape index (κ2) is 7.39. The number of ether oxygens (including phenoxy) is 2. The molecule has 1 aromatic rings. The third-order valence-corrected chi connectivity index (χ3v) is 2.60. The summed E-state index contributed by atoms with van der Waals surface area (Å²) in [5, 5.41) is 3.29. The molecule has 0 aliphatic heterocycles. The molecule has 1 rings (SSSR count). The van der Waals surface area contributed by atoms with Gasteiger partial charge in [0.15, 0.2) is 6.29 Å². The molecule has 3 heteroatoms. The fraction of sp³-hybridized carbons (Fsp3) is 0.538. The zero-order valence-corrected chi connectivity index (χ0v) is 10.3. The Kier molecular flexibility index (Phi) is 6.08. The van der Waals surface area contributed by atoms with Crippen LogP contribution in [-0.4, -0.2) is 27.1 Å². The first-order valence-electron chi connectivity index (χ1n) is 5.64. The monoisotopic (exact) mass is 223 g/mol. The number of nitrogens with one attached hydrogen (secondary N) is 1. The molecule has 0 unspecified atom stereocenters. The lowest BCUT2D eigenvalue weighted by Gasteiger charge is -2.14. The van der Waals surface area contributed by atoms with Gasteiger partial charge in [-0.25, -0.2) is 0 Å². The van der Waals surface area contributed by atoms with Gasteiger partial charge in [-0.15, -0.1) is 0 Å². The maximum Gasteiger partial charge on any atom is 0.169 e. The van der Waals surface area contributed by atoms with Crippen LogP contribution in [0, 0.1) is 0 Å². The van der Waals surface area contributed by atoms with Gasteiger partial charge in [-0.3, -0.25) is 0 Å². The fourth-order valence-corrected chi connectivity index (χ4v) is 1.49. The molecule has 1 N–H and O–H groups in total. The number of methoxy groups -OCH3 is 2. The summed E-state index contributed by atoms with van der Waals surface area (Å²) >= 11 is 0. The summed E-state index contributed by atoms with van der Waals surface area (Å²) in [7, 11) is 3.29. The average molecular weight is 223 g/mol. The highest BCUT2D eigenvalue weighted by Crippen LogP contribution is 2.04. The predicted molar refractivity (Wildman–Crippen MR) is 65.3 cm³/mol. The Morgan fingerprint density at radius 2 is 1.62 bits per heavy atom. The molecule has 0 saturated heterocycles.